The first-order valence-corrected chi connectivity index (χ1v) is 10.3. The highest BCUT2D eigenvalue weighted by atomic mass is 16.5. The molecule has 1 aliphatic rings. The minimum absolute atomic E-state index is 0.0821. The zero-order chi connectivity index (χ0) is 21.1. The van der Waals surface area contributed by atoms with Gasteiger partial charge in [-0.2, -0.15) is 5.10 Å². The average molecular weight is 405 g/mol. The van der Waals surface area contributed by atoms with Crippen LogP contribution < -0.4 is 9.64 Å². The quantitative estimate of drug-likeness (QED) is 0.653. The number of methoxy groups -OCH3 is 1. The maximum Gasteiger partial charge on any atom is 0.257 e. The highest BCUT2D eigenvalue weighted by molar-refractivity contribution is 5.96. The first-order valence-electron chi connectivity index (χ1n) is 10.3. The van der Waals surface area contributed by atoms with E-state index in [0.717, 1.165) is 41.5 Å². The number of piperazine rings is 1. The Kier molecular flexibility index (Phi) is 5.74. The van der Waals surface area contributed by atoms with E-state index in [-0.39, 0.29) is 5.91 Å². The van der Waals surface area contributed by atoms with Gasteiger partial charge in [-0.05, 0) is 43.7 Å². The number of hydrogen-bond donors (Lipinski definition) is 0. The molecular formula is C24H28N4O2. The summed E-state index contributed by atoms with van der Waals surface area (Å²) >= 11 is 0. The average Bonchev–Trinajstić information content (AvgIpc) is 3.07. The second-order valence-electron chi connectivity index (χ2n) is 7.67. The van der Waals surface area contributed by atoms with Crippen molar-refractivity contribution in [2.45, 2.75) is 20.4 Å². The number of aromatic nitrogens is 2. The van der Waals surface area contributed by atoms with E-state index < -0.39 is 0 Å². The molecular weight excluding hydrogens is 376 g/mol. The molecule has 2 aromatic carbocycles. The van der Waals surface area contributed by atoms with Crippen LogP contribution in [-0.2, 0) is 6.54 Å². The maximum atomic E-state index is 13.3. The van der Waals surface area contributed by atoms with Crippen LogP contribution in [0.2, 0.25) is 0 Å². The van der Waals surface area contributed by atoms with Gasteiger partial charge >= 0.3 is 0 Å². The van der Waals surface area contributed by atoms with Crippen LogP contribution in [0.1, 0.15) is 27.3 Å². The summed E-state index contributed by atoms with van der Waals surface area (Å²) < 4.78 is 7.17. The third kappa shape index (κ3) is 4.03. The first-order chi connectivity index (χ1) is 14.6. The number of rotatable bonds is 5. The Labute approximate surface area is 177 Å². The summed E-state index contributed by atoms with van der Waals surface area (Å²) in [6, 6.07) is 18.3. The number of carbonyl (C=O) groups excluding carboxylic acids is 1. The number of benzene rings is 2. The zero-order valence-corrected chi connectivity index (χ0v) is 17.8. The lowest BCUT2D eigenvalue weighted by Crippen LogP contribution is -2.49. The Bertz CT molecular complexity index is 1000. The molecule has 0 aliphatic carbocycles. The van der Waals surface area contributed by atoms with Crippen molar-refractivity contribution in [3.63, 3.8) is 0 Å². The topological polar surface area (TPSA) is 50.6 Å². The van der Waals surface area contributed by atoms with Gasteiger partial charge in [0.05, 0.1) is 24.9 Å². The van der Waals surface area contributed by atoms with E-state index in [0.29, 0.717) is 19.6 Å². The Morgan fingerprint density at radius 3 is 2.27 bits per heavy atom. The highest BCUT2D eigenvalue weighted by Gasteiger charge is 2.27. The fourth-order valence-electron chi connectivity index (χ4n) is 4.04. The van der Waals surface area contributed by atoms with Crippen LogP contribution in [0.4, 0.5) is 5.69 Å². The van der Waals surface area contributed by atoms with Gasteiger partial charge in [-0.3, -0.25) is 9.48 Å². The van der Waals surface area contributed by atoms with Gasteiger partial charge in [-0.25, -0.2) is 0 Å². The second-order valence-corrected chi connectivity index (χ2v) is 7.67. The van der Waals surface area contributed by atoms with Gasteiger partial charge in [0.15, 0.2) is 0 Å². The van der Waals surface area contributed by atoms with Crippen LogP contribution in [0.25, 0.3) is 0 Å². The van der Waals surface area contributed by atoms with E-state index in [1.165, 1.54) is 5.56 Å². The van der Waals surface area contributed by atoms with Gasteiger partial charge in [-0.15, -0.1) is 0 Å². The molecule has 2 heterocycles. The summed E-state index contributed by atoms with van der Waals surface area (Å²) in [4.78, 5) is 17.5. The van der Waals surface area contributed by atoms with Crippen LogP contribution in [0.15, 0.2) is 54.6 Å². The summed E-state index contributed by atoms with van der Waals surface area (Å²) in [5, 5.41) is 4.65. The van der Waals surface area contributed by atoms with Crippen molar-refractivity contribution in [1.29, 1.82) is 0 Å². The molecule has 0 radical (unpaired) electrons. The molecule has 0 saturated carbocycles. The second kappa shape index (κ2) is 8.61. The van der Waals surface area contributed by atoms with Crippen molar-refractivity contribution in [3.8, 4) is 5.75 Å². The molecule has 156 valence electrons. The molecule has 1 fully saturated rings. The van der Waals surface area contributed by atoms with Gasteiger partial charge in [0, 0.05) is 37.6 Å². The van der Waals surface area contributed by atoms with E-state index in [9.17, 15) is 4.79 Å². The molecule has 0 bridgehead atoms. The van der Waals surface area contributed by atoms with Crippen molar-refractivity contribution >= 4 is 11.6 Å². The minimum atomic E-state index is 0.0821. The van der Waals surface area contributed by atoms with Crippen molar-refractivity contribution < 1.29 is 9.53 Å². The number of ether oxygens (including phenoxy) is 1. The van der Waals surface area contributed by atoms with Crippen molar-refractivity contribution in [2.75, 3.05) is 38.2 Å². The SMILES string of the molecule is COc1ccc(N2CCN(C(=O)c3c(C)nn(Cc4ccccc4)c3C)CC2)cc1. The molecule has 30 heavy (non-hydrogen) atoms. The predicted octanol–water partition coefficient (Wildman–Crippen LogP) is 3.52. The number of carbonyl (C=O) groups is 1. The van der Waals surface area contributed by atoms with E-state index in [2.05, 4.69) is 34.3 Å². The molecule has 0 unspecified atom stereocenters. The molecule has 1 aliphatic heterocycles. The summed E-state index contributed by atoms with van der Waals surface area (Å²) in [5.74, 6) is 0.935. The molecule has 1 aromatic heterocycles. The third-order valence-electron chi connectivity index (χ3n) is 5.77. The Balaban J connectivity index is 1.44. The fourth-order valence-corrected chi connectivity index (χ4v) is 4.04. The number of amides is 1. The van der Waals surface area contributed by atoms with Crippen LogP contribution in [-0.4, -0.2) is 53.9 Å². The van der Waals surface area contributed by atoms with E-state index in [4.69, 9.17) is 4.74 Å². The number of nitrogens with zero attached hydrogens (tertiary/aromatic N) is 4. The summed E-state index contributed by atoms with van der Waals surface area (Å²) in [6.07, 6.45) is 0. The number of aryl methyl sites for hydroxylation is 1. The maximum absolute atomic E-state index is 13.3. The summed E-state index contributed by atoms with van der Waals surface area (Å²) in [6.45, 7) is 7.62. The third-order valence-corrected chi connectivity index (χ3v) is 5.77. The number of anilines is 1. The molecule has 1 saturated heterocycles. The fraction of sp³-hybridized carbons (Fsp3) is 0.333. The lowest BCUT2D eigenvalue weighted by molar-refractivity contribution is 0.0745. The van der Waals surface area contributed by atoms with E-state index >= 15 is 0 Å². The Morgan fingerprint density at radius 1 is 0.967 bits per heavy atom. The lowest BCUT2D eigenvalue weighted by atomic mass is 10.1. The number of hydrogen-bond acceptors (Lipinski definition) is 4. The van der Waals surface area contributed by atoms with E-state index in [1.54, 1.807) is 7.11 Å². The molecule has 0 spiro atoms. The normalized spacial score (nSPS) is 14.1. The van der Waals surface area contributed by atoms with Crippen molar-refractivity contribution in [1.82, 2.24) is 14.7 Å². The molecule has 4 rings (SSSR count). The summed E-state index contributed by atoms with van der Waals surface area (Å²) in [5.41, 5.74) is 4.80. The molecule has 6 heteroatoms. The van der Waals surface area contributed by atoms with Crippen LogP contribution in [0, 0.1) is 13.8 Å². The van der Waals surface area contributed by atoms with Gasteiger partial charge < -0.3 is 14.5 Å². The van der Waals surface area contributed by atoms with Crippen LogP contribution in [0.3, 0.4) is 0 Å². The minimum Gasteiger partial charge on any atom is -0.497 e. The molecule has 0 N–H and O–H groups in total. The van der Waals surface area contributed by atoms with Crippen LogP contribution >= 0.6 is 0 Å². The van der Waals surface area contributed by atoms with Gasteiger partial charge in [0.2, 0.25) is 0 Å². The van der Waals surface area contributed by atoms with Crippen molar-refractivity contribution in [2.24, 2.45) is 0 Å². The summed E-state index contributed by atoms with van der Waals surface area (Å²) in [7, 11) is 1.67. The monoisotopic (exact) mass is 404 g/mol. The molecule has 1 amide bonds. The smallest absolute Gasteiger partial charge is 0.257 e. The van der Waals surface area contributed by atoms with Gasteiger partial charge in [0.25, 0.3) is 5.91 Å². The predicted molar refractivity (Wildman–Crippen MR) is 118 cm³/mol. The Hall–Kier alpha value is -3.28. The molecule has 6 nitrogen and oxygen atoms in total. The van der Waals surface area contributed by atoms with E-state index in [1.807, 2.05) is 53.8 Å². The first kappa shape index (κ1) is 20.0. The highest BCUT2D eigenvalue weighted by Crippen LogP contribution is 2.22. The molecule has 3 aromatic rings. The van der Waals surface area contributed by atoms with Crippen molar-refractivity contribution in [3.05, 3.63) is 77.1 Å². The van der Waals surface area contributed by atoms with Crippen LogP contribution in [0.5, 0.6) is 5.75 Å². The lowest BCUT2D eigenvalue weighted by Gasteiger charge is -2.36. The molecule has 0 atom stereocenters. The standard InChI is InChI=1S/C24H28N4O2/c1-18-23(19(2)28(25-18)17-20-7-5-4-6-8-20)24(29)27-15-13-26(14-16-27)21-9-11-22(30-3)12-10-21/h4-12H,13-17H2,1-3H3. The Morgan fingerprint density at radius 2 is 1.63 bits per heavy atom. The zero-order valence-electron chi connectivity index (χ0n) is 17.8. The largest absolute Gasteiger partial charge is 0.497 e. The van der Waals surface area contributed by atoms with Gasteiger partial charge in [-0.1, -0.05) is 30.3 Å². The van der Waals surface area contributed by atoms with Gasteiger partial charge in [0.1, 0.15) is 5.75 Å².